The normalized spacial score (nSPS) is 11.0. The zero-order valence-corrected chi connectivity index (χ0v) is 15.9. The Labute approximate surface area is 156 Å². The summed E-state index contributed by atoms with van der Waals surface area (Å²) in [4.78, 5) is 32.3. The fourth-order valence-corrected chi connectivity index (χ4v) is 3.58. The largest absolute Gasteiger partial charge is 0.353 e. The third kappa shape index (κ3) is 3.99. The molecule has 0 aliphatic rings. The fraction of sp³-hybridized carbons (Fsp3) is 0.316. The van der Waals surface area contributed by atoms with Crippen molar-refractivity contribution in [3.05, 3.63) is 57.5 Å². The molecule has 0 spiro atoms. The molecule has 0 aliphatic heterocycles. The van der Waals surface area contributed by atoms with Gasteiger partial charge in [-0.25, -0.2) is 4.98 Å². The van der Waals surface area contributed by atoms with Crippen LogP contribution in [0.4, 0.5) is 0 Å². The van der Waals surface area contributed by atoms with Gasteiger partial charge in [0, 0.05) is 18.8 Å². The van der Waals surface area contributed by atoms with Crippen LogP contribution in [0.2, 0.25) is 0 Å². The van der Waals surface area contributed by atoms with Gasteiger partial charge in [-0.1, -0.05) is 41.6 Å². The Morgan fingerprint density at radius 3 is 2.69 bits per heavy atom. The zero-order chi connectivity index (χ0) is 18.7. The quantitative estimate of drug-likeness (QED) is 0.516. The molecule has 3 rings (SSSR count). The third-order valence-electron chi connectivity index (χ3n) is 4.10. The summed E-state index contributed by atoms with van der Waals surface area (Å²) in [7, 11) is 0. The predicted molar refractivity (Wildman–Crippen MR) is 105 cm³/mol. The van der Waals surface area contributed by atoms with Crippen LogP contribution in [0.15, 0.2) is 40.3 Å². The number of H-pyrrole nitrogens is 1. The van der Waals surface area contributed by atoms with Crippen molar-refractivity contribution in [1.29, 1.82) is 0 Å². The lowest BCUT2D eigenvalue weighted by Gasteiger charge is -2.10. The monoisotopic (exact) mass is 370 g/mol. The second-order valence-electron chi connectivity index (χ2n) is 6.21. The highest BCUT2D eigenvalue weighted by Gasteiger charge is 2.13. The number of hydrogen-bond acceptors (Lipinski definition) is 4. The third-order valence-corrected chi connectivity index (χ3v) is 5.07. The molecule has 1 amide bonds. The lowest BCUT2D eigenvalue weighted by atomic mass is 10.1. The molecule has 3 aromatic rings. The number of benzene rings is 1. The average Bonchev–Trinajstić information content (AvgIpc) is 3.00. The molecule has 0 saturated carbocycles. The fourth-order valence-electron chi connectivity index (χ4n) is 2.69. The Balaban J connectivity index is 1.67. The maximum atomic E-state index is 12.6. The highest BCUT2D eigenvalue weighted by atomic mass is 32.2. The Bertz CT molecular complexity index is 989. The molecule has 6 nitrogen and oxygen atoms in total. The number of carbonyl (C=O) groups excluding carboxylic acids is 1. The molecular weight excluding hydrogens is 348 g/mol. The van der Waals surface area contributed by atoms with Crippen LogP contribution in [0.1, 0.15) is 23.7 Å². The molecule has 26 heavy (non-hydrogen) atoms. The Hall–Kier alpha value is -2.54. The summed E-state index contributed by atoms with van der Waals surface area (Å²) in [6, 6.07) is 9.89. The Kier molecular flexibility index (Phi) is 5.46. The van der Waals surface area contributed by atoms with E-state index in [9.17, 15) is 9.59 Å². The summed E-state index contributed by atoms with van der Waals surface area (Å²) in [6.07, 6.45) is 0. The van der Waals surface area contributed by atoms with E-state index in [1.807, 2.05) is 51.1 Å². The standard InChI is InChI=1S/C19H22N4O2S/c1-4-23-18(25)17-15(9-13(3)21-17)22-19(23)26-11-16(24)20-10-14-7-5-12(2)6-8-14/h5-9,21H,4,10-11H2,1-3H3,(H,20,24). The zero-order valence-electron chi connectivity index (χ0n) is 15.1. The number of nitrogens with one attached hydrogen (secondary N) is 2. The van der Waals surface area contributed by atoms with E-state index in [1.165, 1.54) is 17.3 Å². The van der Waals surface area contributed by atoms with Gasteiger partial charge in [-0.05, 0) is 32.4 Å². The van der Waals surface area contributed by atoms with Crippen LogP contribution >= 0.6 is 11.8 Å². The van der Waals surface area contributed by atoms with Crippen molar-refractivity contribution in [2.24, 2.45) is 0 Å². The number of aromatic nitrogens is 3. The number of rotatable bonds is 6. The summed E-state index contributed by atoms with van der Waals surface area (Å²) >= 11 is 1.28. The number of thioether (sulfide) groups is 1. The van der Waals surface area contributed by atoms with Crippen molar-refractivity contribution in [2.75, 3.05) is 5.75 Å². The molecule has 0 bridgehead atoms. The maximum Gasteiger partial charge on any atom is 0.278 e. The van der Waals surface area contributed by atoms with E-state index in [0.29, 0.717) is 29.3 Å². The van der Waals surface area contributed by atoms with Crippen molar-refractivity contribution >= 4 is 28.7 Å². The van der Waals surface area contributed by atoms with E-state index < -0.39 is 0 Å². The summed E-state index contributed by atoms with van der Waals surface area (Å²) in [5.74, 6) is 0.130. The van der Waals surface area contributed by atoms with E-state index in [1.54, 1.807) is 4.57 Å². The first-order valence-corrected chi connectivity index (χ1v) is 9.51. The molecule has 0 atom stereocenters. The molecule has 2 heterocycles. The first kappa shape index (κ1) is 18.3. The van der Waals surface area contributed by atoms with E-state index in [-0.39, 0.29) is 17.2 Å². The lowest BCUT2D eigenvalue weighted by Crippen LogP contribution is -2.26. The number of nitrogens with zero attached hydrogens (tertiary/aromatic N) is 2. The SMILES string of the molecule is CCn1c(SCC(=O)NCc2ccc(C)cc2)nc2cc(C)[nH]c2c1=O. The van der Waals surface area contributed by atoms with Gasteiger partial charge in [0.25, 0.3) is 5.56 Å². The molecule has 0 radical (unpaired) electrons. The van der Waals surface area contributed by atoms with Crippen molar-refractivity contribution in [1.82, 2.24) is 19.9 Å². The van der Waals surface area contributed by atoms with Crippen LogP contribution in [-0.2, 0) is 17.9 Å². The van der Waals surface area contributed by atoms with Crippen molar-refractivity contribution in [3.8, 4) is 0 Å². The van der Waals surface area contributed by atoms with Gasteiger partial charge < -0.3 is 10.3 Å². The van der Waals surface area contributed by atoms with E-state index in [2.05, 4.69) is 15.3 Å². The van der Waals surface area contributed by atoms with Gasteiger partial charge in [0.15, 0.2) is 5.16 Å². The second-order valence-corrected chi connectivity index (χ2v) is 7.15. The molecule has 0 fully saturated rings. The molecule has 1 aromatic carbocycles. The predicted octanol–water partition coefficient (Wildman–Crippen LogP) is 2.77. The van der Waals surface area contributed by atoms with E-state index in [0.717, 1.165) is 11.3 Å². The molecule has 0 unspecified atom stereocenters. The summed E-state index contributed by atoms with van der Waals surface area (Å²) in [5.41, 5.74) is 4.19. The minimum Gasteiger partial charge on any atom is -0.353 e. The molecule has 7 heteroatoms. The molecule has 136 valence electrons. The van der Waals surface area contributed by atoms with Gasteiger partial charge >= 0.3 is 0 Å². The summed E-state index contributed by atoms with van der Waals surface area (Å²) in [6.45, 7) is 6.81. The number of fused-ring (bicyclic) bond motifs is 1. The number of carbonyl (C=O) groups is 1. The lowest BCUT2D eigenvalue weighted by molar-refractivity contribution is -0.118. The van der Waals surface area contributed by atoms with Gasteiger partial charge in [-0.3, -0.25) is 14.2 Å². The summed E-state index contributed by atoms with van der Waals surface area (Å²) in [5, 5.41) is 3.47. The van der Waals surface area contributed by atoms with Crippen molar-refractivity contribution in [2.45, 2.75) is 39.0 Å². The minimum absolute atomic E-state index is 0.0853. The van der Waals surface area contributed by atoms with Crippen molar-refractivity contribution < 1.29 is 4.79 Å². The smallest absolute Gasteiger partial charge is 0.278 e. The maximum absolute atomic E-state index is 12.6. The first-order chi connectivity index (χ1) is 12.5. The van der Waals surface area contributed by atoms with Crippen LogP contribution in [0.5, 0.6) is 0 Å². The molecular formula is C19H22N4O2S. The topological polar surface area (TPSA) is 79.8 Å². The average molecular weight is 370 g/mol. The first-order valence-electron chi connectivity index (χ1n) is 8.53. The number of aromatic amines is 1. The van der Waals surface area contributed by atoms with Crippen LogP contribution in [0, 0.1) is 13.8 Å². The molecule has 2 aromatic heterocycles. The highest BCUT2D eigenvalue weighted by Crippen LogP contribution is 2.18. The molecule has 0 aliphatic carbocycles. The summed E-state index contributed by atoms with van der Waals surface area (Å²) < 4.78 is 1.59. The Morgan fingerprint density at radius 1 is 1.27 bits per heavy atom. The van der Waals surface area contributed by atoms with E-state index in [4.69, 9.17) is 0 Å². The number of aryl methyl sites for hydroxylation is 2. The number of hydrogen-bond donors (Lipinski definition) is 2. The van der Waals surface area contributed by atoms with Crippen LogP contribution in [0.25, 0.3) is 11.0 Å². The van der Waals surface area contributed by atoms with Crippen LogP contribution < -0.4 is 10.9 Å². The van der Waals surface area contributed by atoms with Crippen molar-refractivity contribution in [3.63, 3.8) is 0 Å². The van der Waals surface area contributed by atoms with Gasteiger partial charge in [0.2, 0.25) is 5.91 Å². The van der Waals surface area contributed by atoms with Gasteiger partial charge in [-0.2, -0.15) is 0 Å². The van der Waals surface area contributed by atoms with Gasteiger partial charge in [0.05, 0.1) is 11.3 Å². The van der Waals surface area contributed by atoms with Crippen LogP contribution in [0.3, 0.4) is 0 Å². The van der Waals surface area contributed by atoms with Gasteiger partial charge in [0.1, 0.15) is 5.52 Å². The number of amides is 1. The van der Waals surface area contributed by atoms with E-state index >= 15 is 0 Å². The van der Waals surface area contributed by atoms with Gasteiger partial charge in [-0.15, -0.1) is 0 Å². The minimum atomic E-state index is -0.104. The molecule has 2 N–H and O–H groups in total. The molecule has 0 saturated heterocycles. The van der Waals surface area contributed by atoms with Crippen LogP contribution in [-0.4, -0.2) is 26.2 Å². The highest BCUT2D eigenvalue weighted by molar-refractivity contribution is 7.99. The second kappa shape index (κ2) is 7.78. The Morgan fingerprint density at radius 2 is 2.00 bits per heavy atom.